The van der Waals surface area contributed by atoms with Gasteiger partial charge in [0.05, 0.1) is 23.3 Å². The number of aromatic nitrogens is 1. The Morgan fingerprint density at radius 3 is 2.72 bits per heavy atom. The highest BCUT2D eigenvalue weighted by Gasteiger charge is 2.43. The molecule has 156 valence electrons. The molecule has 2 aliphatic rings. The molecule has 0 atom stereocenters. The Morgan fingerprint density at radius 1 is 1.28 bits per heavy atom. The summed E-state index contributed by atoms with van der Waals surface area (Å²) in [5.74, 6) is -0.104. The van der Waals surface area contributed by atoms with Crippen LogP contribution in [0.4, 0.5) is 13.6 Å². The standard InChI is InChI=1S/C19H21F2N3O4S/c1-12(2)26-11-14-10-24(18(29-14)22-17(25)23-7-3-4-8-23)13-5-6-15-16(9-13)28-19(20,21)27-15/h5-6,9-10,12H,3-4,7-8,11H2,1-2H3/b22-18-. The fraction of sp³-hybridized carbons (Fsp3) is 0.474. The van der Waals surface area contributed by atoms with Gasteiger partial charge in [-0.05, 0) is 38.8 Å². The molecule has 0 saturated carbocycles. The van der Waals surface area contributed by atoms with E-state index in [1.807, 2.05) is 13.8 Å². The Morgan fingerprint density at radius 2 is 2.00 bits per heavy atom. The summed E-state index contributed by atoms with van der Waals surface area (Å²) in [7, 11) is 0. The Kier molecular flexibility index (Phi) is 5.30. The first-order valence-corrected chi connectivity index (χ1v) is 10.2. The maximum atomic E-state index is 13.3. The van der Waals surface area contributed by atoms with Gasteiger partial charge in [-0.15, -0.1) is 8.78 Å². The number of likely N-dealkylation sites (tertiary alicyclic amines) is 1. The van der Waals surface area contributed by atoms with Crippen LogP contribution in [0.1, 0.15) is 31.6 Å². The SMILES string of the molecule is CC(C)OCc1cn(-c2ccc3c(c2)OC(F)(F)O3)/c(=N/C(=O)N2CCCC2)s1. The van der Waals surface area contributed by atoms with E-state index < -0.39 is 6.29 Å². The van der Waals surface area contributed by atoms with Gasteiger partial charge in [0.1, 0.15) is 0 Å². The van der Waals surface area contributed by atoms with Crippen LogP contribution in [-0.2, 0) is 11.3 Å². The van der Waals surface area contributed by atoms with Gasteiger partial charge >= 0.3 is 12.3 Å². The second-order valence-corrected chi connectivity index (χ2v) is 8.19. The Hall–Kier alpha value is -2.46. The van der Waals surface area contributed by atoms with Crippen molar-refractivity contribution in [2.45, 2.75) is 45.7 Å². The summed E-state index contributed by atoms with van der Waals surface area (Å²) < 4.78 is 43.0. The number of carbonyl (C=O) groups is 1. The summed E-state index contributed by atoms with van der Waals surface area (Å²) in [4.78, 5) is 19.8. The summed E-state index contributed by atoms with van der Waals surface area (Å²) >= 11 is 1.32. The minimum absolute atomic E-state index is 0.0374. The predicted octanol–water partition coefficient (Wildman–Crippen LogP) is 3.90. The summed E-state index contributed by atoms with van der Waals surface area (Å²) in [5.41, 5.74) is 0.532. The van der Waals surface area contributed by atoms with Crippen LogP contribution < -0.4 is 14.3 Å². The second kappa shape index (κ2) is 7.75. The largest absolute Gasteiger partial charge is 0.586 e. The molecule has 0 bridgehead atoms. The number of amides is 2. The smallest absolute Gasteiger partial charge is 0.395 e. The molecule has 0 spiro atoms. The lowest BCUT2D eigenvalue weighted by atomic mass is 10.3. The lowest BCUT2D eigenvalue weighted by molar-refractivity contribution is -0.286. The van der Waals surface area contributed by atoms with Gasteiger partial charge in [-0.1, -0.05) is 11.3 Å². The molecule has 2 amide bonds. The zero-order valence-corrected chi connectivity index (χ0v) is 16.9. The number of halogens is 2. The third-order valence-electron chi connectivity index (χ3n) is 4.49. The number of ether oxygens (including phenoxy) is 3. The molecule has 10 heteroatoms. The number of urea groups is 1. The third kappa shape index (κ3) is 4.43. The lowest BCUT2D eigenvalue weighted by Gasteiger charge is -2.10. The predicted molar refractivity (Wildman–Crippen MR) is 102 cm³/mol. The molecular formula is C19H21F2N3O4S. The van der Waals surface area contributed by atoms with Crippen molar-refractivity contribution >= 4 is 17.4 Å². The first-order chi connectivity index (χ1) is 13.8. The molecule has 1 fully saturated rings. The Labute approximate surface area is 170 Å². The molecule has 0 radical (unpaired) electrons. The van der Waals surface area contributed by atoms with E-state index in [2.05, 4.69) is 14.5 Å². The Balaban J connectivity index is 1.70. The van der Waals surface area contributed by atoms with Crippen LogP contribution in [0.2, 0.25) is 0 Å². The molecule has 4 rings (SSSR count). The number of fused-ring (bicyclic) bond motifs is 1. The second-order valence-electron chi connectivity index (χ2n) is 7.10. The average molecular weight is 425 g/mol. The molecule has 2 aliphatic heterocycles. The van der Waals surface area contributed by atoms with Crippen molar-refractivity contribution < 1.29 is 27.8 Å². The van der Waals surface area contributed by atoms with Crippen molar-refractivity contribution in [2.24, 2.45) is 4.99 Å². The third-order valence-corrected chi connectivity index (χ3v) is 5.45. The highest BCUT2D eigenvalue weighted by Crippen LogP contribution is 2.41. The molecule has 0 aliphatic carbocycles. The van der Waals surface area contributed by atoms with Crippen molar-refractivity contribution in [3.05, 3.63) is 34.1 Å². The van der Waals surface area contributed by atoms with Crippen LogP contribution in [0.15, 0.2) is 29.4 Å². The number of nitrogens with zero attached hydrogens (tertiary/aromatic N) is 3. The van der Waals surface area contributed by atoms with E-state index in [1.165, 1.54) is 23.5 Å². The molecule has 1 aromatic heterocycles. The summed E-state index contributed by atoms with van der Waals surface area (Å²) in [6.07, 6.45) is 0.0873. The average Bonchev–Trinajstić information content (AvgIpc) is 3.36. The van der Waals surface area contributed by atoms with Crippen molar-refractivity contribution in [3.8, 4) is 17.2 Å². The first kappa shape index (κ1) is 19.8. The molecule has 3 heterocycles. The van der Waals surface area contributed by atoms with Crippen LogP contribution in [0, 0.1) is 0 Å². The minimum atomic E-state index is -3.69. The molecule has 29 heavy (non-hydrogen) atoms. The molecule has 0 N–H and O–H groups in total. The maximum absolute atomic E-state index is 13.3. The molecule has 1 aromatic carbocycles. The zero-order valence-electron chi connectivity index (χ0n) is 16.1. The first-order valence-electron chi connectivity index (χ1n) is 9.37. The minimum Gasteiger partial charge on any atom is -0.395 e. The van der Waals surface area contributed by atoms with Gasteiger partial charge < -0.3 is 19.1 Å². The fourth-order valence-corrected chi connectivity index (χ4v) is 4.02. The van der Waals surface area contributed by atoms with Gasteiger partial charge in [-0.3, -0.25) is 4.57 Å². The van der Waals surface area contributed by atoms with E-state index in [9.17, 15) is 13.6 Å². The van der Waals surface area contributed by atoms with Crippen molar-refractivity contribution in [2.75, 3.05) is 13.1 Å². The molecule has 7 nitrogen and oxygen atoms in total. The van der Waals surface area contributed by atoms with Crippen LogP contribution in [0.25, 0.3) is 5.69 Å². The Bertz CT molecular complexity index is 980. The van der Waals surface area contributed by atoms with Crippen LogP contribution in [-0.4, -0.2) is 41.0 Å². The molecule has 2 aromatic rings. The number of carbonyl (C=O) groups excluding carboxylic acids is 1. The van der Waals surface area contributed by atoms with Crippen LogP contribution in [0.3, 0.4) is 0 Å². The molecule has 0 unspecified atom stereocenters. The number of hydrogen-bond donors (Lipinski definition) is 0. The highest BCUT2D eigenvalue weighted by atomic mass is 32.1. The number of thiazole rings is 1. The molecule has 1 saturated heterocycles. The maximum Gasteiger partial charge on any atom is 0.586 e. The quantitative estimate of drug-likeness (QED) is 0.745. The van der Waals surface area contributed by atoms with Gasteiger partial charge in [0.15, 0.2) is 16.3 Å². The van der Waals surface area contributed by atoms with Crippen LogP contribution >= 0.6 is 11.3 Å². The number of benzene rings is 1. The topological polar surface area (TPSA) is 65.3 Å². The van der Waals surface area contributed by atoms with Gasteiger partial charge in [-0.25, -0.2) is 4.79 Å². The van der Waals surface area contributed by atoms with Gasteiger partial charge in [0.25, 0.3) is 0 Å². The normalized spacial score (nSPS) is 18.1. The van der Waals surface area contributed by atoms with Gasteiger partial charge in [-0.2, -0.15) is 4.99 Å². The number of alkyl halides is 2. The fourth-order valence-electron chi connectivity index (χ4n) is 3.12. The monoisotopic (exact) mass is 425 g/mol. The summed E-state index contributed by atoms with van der Waals surface area (Å²) in [6.45, 7) is 5.61. The molecular weight excluding hydrogens is 404 g/mol. The van der Waals surface area contributed by atoms with Crippen molar-refractivity contribution in [1.29, 1.82) is 0 Å². The zero-order chi connectivity index (χ0) is 20.6. The van der Waals surface area contributed by atoms with Crippen molar-refractivity contribution in [1.82, 2.24) is 9.47 Å². The van der Waals surface area contributed by atoms with Gasteiger partial charge in [0, 0.05) is 25.4 Å². The van der Waals surface area contributed by atoms with Crippen LogP contribution in [0.5, 0.6) is 11.5 Å². The van der Waals surface area contributed by atoms with E-state index in [4.69, 9.17) is 4.74 Å². The van der Waals surface area contributed by atoms with E-state index in [0.717, 1.165) is 17.7 Å². The highest BCUT2D eigenvalue weighted by molar-refractivity contribution is 7.09. The number of hydrogen-bond acceptors (Lipinski definition) is 5. The summed E-state index contributed by atoms with van der Waals surface area (Å²) in [5, 5.41) is 0. The van der Waals surface area contributed by atoms with E-state index >= 15 is 0 Å². The van der Waals surface area contributed by atoms with E-state index in [1.54, 1.807) is 21.7 Å². The van der Waals surface area contributed by atoms with E-state index in [0.29, 0.717) is 30.2 Å². The van der Waals surface area contributed by atoms with Gasteiger partial charge in [0.2, 0.25) is 0 Å². The van der Waals surface area contributed by atoms with E-state index in [-0.39, 0.29) is 23.6 Å². The number of rotatable bonds is 4. The summed E-state index contributed by atoms with van der Waals surface area (Å²) in [6, 6.07) is 4.16. The lowest BCUT2D eigenvalue weighted by Crippen LogP contribution is -2.27. The van der Waals surface area contributed by atoms with Crippen molar-refractivity contribution in [3.63, 3.8) is 0 Å².